The quantitative estimate of drug-likeness (QED) is 0.0423. The fraction of sp³-hybridized carbons (Fsp3) is 0.333. The molecule has 4 heterocycles. The van der Waals surface area contributed by atoms with Gasteiger partial charge in [-0.2, -0.15) is 4.98 Å². The Balaban J connectivity index is 0.000000215. The van der Waals surface area contributed by atoms with E-state index in [1.165, 1.54) is 45.5 Å². The van der Waals surface area contributed by atoms with Crippen LogP contribution in [0.15, 0.2) is 102 Å². The van der Waals surface area contributed by atoms with Crippen LogP contribution < -0.4 is 41.5 Å². The summed E-state index contributed by atoms with van der Waals surface area (Å²) in [5.74, 6) is -0.541. The van der Waals surface area contributed by atoms with Gasteiger partial charge in [-0.1, -0.05) is 28.2 Å². The molecule has 21 heteroatoms. The van der Waals surface area contributed by atoms with Crippen LogP contribution in [0.25, 0.3) is 0 Å². The lowest BCUT2D eigenvalue weighted by Crippen LogP contribution is -2.24. The number of ketones is 2. The van der Waals surface area contributed by atoms with Crippen LogP contribution in [0, 0.1) is 11.6 Å². The maximum absolute atomic E-state index is 13.7. The van der Waals surface area contributed by atoms with Gasteiger partial charge in [0.05, 0.1) is 42.2 Å². The predicted molar refractivity (Wildman–Crippen MR) is 273 cm³/mol. The predicted octanol–water partition coefficient (Wildman–Crippen LogP) is 7.26. The Bertz CT molecular complexity index is 2900. The van der Waals surface area contributed by atoms with E-state index < -0.39 is 38.2 Å². The first-order valence-corrected chi connectivity index (χ1v) is 24.4. The third-order valence-corrected chi connectivity index (χ3v) is 13.0. The number of rotatable bonds is 16. The smallest absolute Gasteiger partial charge is 0.249 e. The number of aromatic nitrogens is 4. The first-order chi connectivity index (χ1) is 34.0. The standard InChI is InChI=1S/C24H26FN5O3.C14H14FN3O4S.C12H18N2O.CH4/c1-3-30-11-10-18(14-30)33-17-7-5-16(6-8-17)28-24-27-13-20(23(26)29-24)22(31)19-12-15(25)4-9-21(19)32-2;1-3-23(20,21)14-17-7-10(13(16)18-14)12(19)9-6-8(15)4-5-11(9)22-2;1-2-14-8-7-12(9-14)15-11-5-3-10(13)4-6-11;/h4-9,12-13,18H,3,10-11,14H2,1-2H3,(H3,26,27,28,29);4-7H,3H2,1-2H3,(H2,16,17,18);3-6,12H,2,7-9,13H2,1H3;1H4. The number of likely N-dealkylation sites (tertiary alicyclic amines) is 2. The number of halogens is 2. The monoisotopic (exact) mass is 1010 g/mol. The molecule has 6 aromatic rings. The zero-order chi connectivity index (χ0) is 51.2. The van der Waals surface area contributed by atoms with E-state index in [9.17, 15) is 26.8 Å². The summed E-state index contributed by atoms with van der Waals surface area (Å²) >= 11 is 0. The zero-order valence-electron chi connectivity index (χ0n) is 40.1. The Morgan fingerprint density at radius 1 is 0.667 bits per heavy atom. The minimum absolute atomic E-state index is 0. The minimum Gasteiger partial charge on any atom is -0.496 e. The van der Waals surface area contributed by atoms with E-state index in [1.54, 1.807) is 0 Å². The van der Waals surface area contributed by atoms with Crippen LogP contribution in [0.4, 0.5) is 37.7 Å². The summed E-state index contributed by atoms with van der Waals surface area (Å²) in [5.41, 5.74) is 18.7. The van der Waals surface area contributed by atoms with Crippen molar-refractivity contribution in [2.45, 2.75) is 58.4 Å². The fourth-order valence-corrected chi connectivity index (χ4v) is 8.21. The summed E-state index contributed by atoms with van der Waals surface area (Å²) in [7, 11) is -0.908. The number of methoxy groups -OCH3 is 2. The molecule has 2 aliphatic rings. The molecule has 0 aliphatic carbocycles. The van der Waals surface area contributed by atoms with Gasteiger partial charge in [0.15, 0.2) is 0 Å². The molecule has 2 aliphatic heterocycles. The molecule has 0 amide bonds. The van der Waals surface area contributed by atoms with Crippen molar-refractivity contribution < 1.29 is 45.7 Å². The molecule has 2 unspecified atom stereocenters. The van der Waals surface area contributed by atoms with Crippen LogP contribution in [-0.4, -0.2) is 121 Å². The molecule has 2 aromatic heterocycles. The number of benzene rings is 4. The maximum atomic E-state index is 13.7. The lowest BCUT2D eigenvalue weighted by atomic mass is 10.0. The molecule has 0 saturated carbocycles. The van der Waals surface area contributed by atoms with Crippen molar-refractivity contribution in [3.8, 4) is 23.0 Å². The van der Waals surface area contributed by atoms with E-state index in [2.05, 4.69) is 48.9 Å². The van der Waals surface area contributed by atoms with E-state index in [1.807, 2.05) is 48.5 Å². The number of nitrogens with two attached hydrogens (primary N) is 3. The van der Waals surface area contributed by atoms with Crippen LogP contribution >= 0.6 is 0 Å². The number of sulfone groups is 1. The van der Waals surface area contributed by atoms with Gasteiger partial charge in [0, 0.05) is 49.9 Å². The molecule has 2 saturated heterocycles. The van der Waals surface area contributed by atoms with Gasteiger partial charge in [0.1, 0.15) is 58.5 Å². The lowest BCUT2D eigenvalue weighted by Gasteiger charge is -2.15. The molecule has 2 atom stereocenters. The van der Waals surface area contributed by atoms with Crippen LogP contribution in [0.3, 0.4) is 0 Å². The second-order valence-corrected chi connectivity index (χ2v) is 18.4. The Morgan fingerprint density at radius 3 is 1.54 bits per heavy atom. The number of likely N-dealkylation sites (N-methyl/N-ethyl adjacent to an activating group) is 2. The topological polar surface area (TPSA) is 253 Å². The Morgan fingerprint density at radius 2 is 1.12 bits per heavy atom. The van der Waals surface area contributed by atoms with Crippen molar-refractivity contribution in [2.24, 2.45) is 0 Å². The first kappa shape index (κ1) is 55.4. The van der Waals surface area contributed by atoms with Crippen LogP contribution in [0.2, 0.25) is 0 Å². The largest absolute Gasteiger partial charge is 0.496 e. The summed E-state index contributed by atoms with van der Waals surface area (Å²) in [4.78, 5) is 45.8. The molecule has 18 nitrogen and oxygen atoms in total. The fourth-order valence-electron chi connectivity index (χ4n) is 7.51. The maximum Gasteiger partial charge on any atom is 0.249 e. The summed E-state index contributed by atoms with van der Waals surface area (Å²) < 4.78 is 72.5. The number of carbonyl (C=O) groups excluding carboxylic acids is 2. The van der Waals surface area contributed by atoms with Gasteiger partial charge in [-0.05, 0) is 111 Å². The van der Waals surface area contributed by atoms with Gasteiger partial charge < -0.3 is 41.5 Å². The van der Waals surface area contributed by atoms with Crippen LogP contribution in [-0.2, 0) is 9.84 Å². The second kappa shape index (κ2) is 25.6. The Kier molecular flexibility index (Phi) is 19.7. The van der Waals surface area contributed by atoms with Crippen molar-refractivity contribution in [3.05, 3.63) is 131 Å². The second-order valence-electron chi connectivity index (χ2n) is 16.3. The first-order valence-electron chi connectivity index (χ1n) is 22.8. The van der Waals surface area contributed by atoms with Crippen molar-refractivity contribution in [3.63, 3.8) is 0 Å². The number of ether oxygens (including phenoxy) is 4. The van der Waals surface area contributed by atoms with Crippen molar-refractivity contribution in [1.29, 1.82) is 0 Å². The van der Waals surface area contributed by atoms with E-state index >= 15 is 0 Å². The summed E-state index contributed by atoms with van der Waals surface area (Å²) in [6.07, 6.45) is 5.01. The van der Waals surface area contributed by atoms with Crippen LogP contribution in [0.1, 0.15) is 72.9 Å². The number of carbonyl (C=O) groups is 2. The Hall–Kier alpha value is -7.49. The van der Waals surface area contributed by atoms with Crippen LogP contribution in [0.5, 0.6) is 23.0 Å². The Labute approximate surface area is 418 Å². The molecule has 384 valence electrons. The summed E-state index contributed by atoms with van der Waals surface area (Å²) in [6.45, 7) is 12.1. The van der Waals surface area contributed by atoms with Gasteiger partial charge in [-0.25, -0.2) is 32.2 Å². The van der Waals surface area contributed by atoms with E-state index in [0.29, 0.717) is 6.10 Å². The van der Waals surface area contributed by atoms with E-state index in [4.69, 9.17) is 36.1 Å². The summed E-state index contributed by atoms with van der Waals surface area (Å²) in [6, 6.07) is 22.2. The van der Waals surface area contributed by atoms with Crippen molar-refractivity contribution in [2.75, 3.05) is 81.8 Å². The van der Waals surface area contributed by atoms with Gasteiger partial charge in [-0.15, -0.1) is 0 Å². The number of nitrogens with one attached hydrogen (secondary N) is 1. The normalized spacial score (nSPS) is 15.4. The zero-order valence-corrected chi connectivity index (χ0v) is 40.9. The van der Waals surface area contributed by atoms with Gasteiger partial charge >= 0.3 is 0 Å². The number of anilines is 5. The van der Waals surface area contributed by atoms with Gasteiger partial charge in [-0.3, -0.25) is 19.4 Å². The molecule has 8 rings (SSSR count). The molecule has 7 N–H and O–H groups in total. The number of nitrogen functional groups attached to an aromatic ring is 3. The highest BCUT2D eigenvalue weighted by Gasteiger charge is 2.25. The summed E-state index contributed by atoms with van der Waals surface area (Å²) in [5, 5.41) is 2.60. The third-order valence-electron chi connectivity index (χ3n) is 11.5. The molecular weight excluding hydrogens is 951 g/mol. The molecule has 0 bridgehead atoms. The van der Waals surface area contributed by atoms with E-state index in [-0.39, 0.29) is 70.6 Å². The van der Waals surface area contributed by atoms with Gasteiger partial charge in [0.25, 0.3) is 0 Å². The number of nitrogens with zero attached hydrogens (tertiary/aromatic N) is 6. The molecule has 4 aromatic carbocycles. The SMILES string of the molecule is C.CCN1CCC(Oc2ccc(N)cc2)C1.CCN1CCC(Oc2ccc(Nc3ncc(C(=O)c4cc(F)ccc4OC)c(N)n3)cc2)C1.CCS(=O)(=O)c1ncc(C(=O)c2cc(F)ccc2OC)c(N)n1. The average Bonchev–Trinajstić information content (AvgIpc) is 4.04. The van der Waals surface area contributed by atoms with Crippen molar-refractivity contribution >= 4 is 50.4 Å². The van der Waals surface area contributed by atoms with E-state index in [0.717, 1.165) is 99.4 Å². The molecule has 72 heavy (non-hydrogen) atoms. The molecule has 0 spiro atoms. The number of hydrogen-bond donors (Lipinski definition) is 4. The van der Waals surface area contributed by atoms with Gasteiger partial charge in [0.2, 0.25) is 32.5 Å². The lowest BCUT2D eigenvalue weighted by molar-refractivity contribution is 0.102. The van der Waals surface area contributed by atoms with Crippen molar-refractivity contribution in [1.82, 2.24) is 29.7 Å². The highest BCUT2D eigenvalue weighted by Crippen LogP contribution is 2.28. The molecule has 2 fully saturated rings. The highest BCUT2D eigenvalue weighted by molar-refractivity contribution is 7.91. The minimum atomic E-state index is -3.65. The number of hydrogen-bond acceptors (Lipinski definition) is 18. The highest BCUT2D eigenvalue weighted by atomic mass is 32.2. The molecular formula is C51H62F2N10O8S. The molecule has 0 radical (unpaired) electrons. The third kappa shape index (κ3) is 14.5. The average molecular weight is 1010 g/mol.